The number of hydrogen-bond donors (Lipinski definition) is 0. The van der Waals surface area contributed by atoms with E-state index in [4.69, 9.17) is 16.1 Å². The van der Waals surface area contributed by atoms with Gasteiger partial charge in [-0.1, -0.05) is 30.6 Å². The molecule has 3 aromatic heterocycles. The minimum absolute atomic E-state index is 0.229. The first-order valence-electron chi connectivity index (χ1n) is 9.12. The highest BCUT2D eigenvalue weighted by atomic mass is 35.5. The van der Waals surface area contributed by atoms with Gasteiger partial charge in [-0.25, -0.2) is 4.98 Å². The number of aromatic nitrogens is 6. The molecule has 0 bridgehead atoms. The van der Waals surface area contributed by atoms with Gasteiger partial charge in [0.05, 0.1) is 0 Å². The molecule has 1 aliphatic heterocycles. The second kappa shape index (κ2) is 7.26. The smallest absolute Gasteiger partial charge is 0.229 e. The lowest BCUT2D eigenvalue weighted by Gasteiger charge is -2.31. The fraction of sp³-hybridized carbons (Fsp3) is 0.500. The Hall–Kier alpha value is -2.48. The SMILES string of the molecule is CC(C)c1nc(C2CCCN(c3nnc(-c4ccc(Cl)nc4)n3C)C2)no1. The molecule has 4 rings (SSSR count). The van der Waals surface area contributed by atoms with Gasteiger partial charge in [0.2, 0.25) is 11.8 Å². The van der Waals surface area contributed by atoms with E-state index >= 15 is 0 Å². The third-order valence-electron chi connectivity index (χ3n) is 4.86. The average Bonchev–Trinajstić information content (AvgIpc) is 3.30. The van der Waals surface area contributed by atoms with Gasteiger partial charge in [-0.3, -0.25) is 4.57 Å². The fourth-order valence-corrected chi connectivity index (χ4v) is 3.48. The number of anilines is 1. The predicted molar refractivity (Wildman–Crippen MR) is 102 cm³/mol. The van der Waals surface area contributed by atoms with E-state index < -0.39 is 0 Å². The lowest BCUT2D eigenvalue weighted by Crippen LogP contribution is -2.36. The van der Waals surface area contributed by atoms with Gasteiger partial charge in [-0.15, -0.1) is 10.2 Å². The molecule has 1 saturated heterocycles. The molecule has 9 heteroatoms. The number of hydrogen-bond acceptors (Lipinski definition) is 7. The molecule has 27 heavy (non-hydrogen) atoms. The number of nitrogens with zero attached hydrogens (tertiary/aromatic N) is 7. The van der Waals surface area contributed by atoms with Crippen molar-refractivity contribution in [3.05, 3.63) is 35.2 Å². The Morgan fingerprint density at radius 2 is 2.11 bits per heavy atom. The molecule has 0 aliphatic carbocycles. The summed E-state index contributed by atoms with van der Waals surface area (Å²) in [4.78, 5) is 10.9. The van der Waals surface area contributed by atoms with Crippen LogP contribution < -0.4 is 4.90 Å². The van der Waals surface area contributed by atoms with Crippen LogP contribution in [0.5, 0.6) is 0 Å². The van der Waals surface area contributed by atoms with Crippen LogP contribution in [-0.2, 0) is 7.05 Å². The van der Waals surface area contributed by atoms with E-state index in [1.165, 1.54) is 0 Å². The molecule has 0 aromatic carbocycles. The molecular formula is C18H22ClN7O. The van der Waals surface area contributed by atoms with Crippen molar-refractivity contribution < 1.29 is 4.52 Å². The van der Waals surface area contributed by atoms with Gasteiger partial charge in [0.15, 0.2) is 11.6 Å². The van der Waals surface area contributed by atoms with Crippen LogP contribution in [0.25, 0.3) is 11.4 Å². The van der Waals surface area contributed by atoms with E-state index in [2.05, 4.69) is 44.1 Å². The second-order valence-electron chi connectivity index (χ2n) is 7.18. The summed E-state index contributed by atoms with van der Waals surface area (Å²) in [7, 11) is 1.97. The van der Waals surface area contributed by atoms with E-state index in [0.717, 1.165) is 49.1 Å². The fourth-order valence-electron chi connectivity index (χ4n) is 3.37. The maximum atomic E-state index is 5.88. The van der Waals surface area contributed by atoms with Crippen molar-refractivity contribution in [1.29, 1.82) is 0 Å². The molecule has 1 unspecified atom stereocenters. The van der Waals surface area contributed by atoms with Gasteiger partial charge in [0.1, 0.15) is 5.15 Å². The van der Waals surface area contributed by atoms with Crippen LogP contribution >= 0.6 is 11.6 Å². The highest BCUT2D eigenvalue weighted by Gasteiger charge is 2.28. The van der Waals surface area contributed by atoms with Crippen molar-refractivity contribution in [2.75, 3.05) is 18.0 Å². The summed E-state index contributed by atoms with van der Waals surface area (Å²) in [5.74, 6) is 3.54. The topological polar surface area (TPSA) is 85.8 Å². The lowest BCUT2D eigenvalue weighted by molar-refractivity contribution is 0.354. The standard InChI is InChI=1S/C18H22ClN7O/c1-11(2)17-21-15(24-27-17)13-5-4-8-26(10-13)18-23-22-16(25(18)3)12-6-7-14(19)20-9-12/h6-7,9,11,13H,4-5,8,10H2,1-3H3. The third-order valence-corrected chi connectivity index (χ3v) is 5.08. The lowest BCUT2D eigenvalue weighted by atomic mass is 9.97. The summed E-state index contributed by atoms with van der Waals surface area (Å²) >= 11 is 5.88. The van der Waals surface area contributed by atoms with Crippen LogP contribution in [0.3, 0.4) is 0 Å². The first-order chi connectivity index (χ1) is 13.0. The quantitative estimate of drug-likeness (QED) is 0.634. The summed E-state index contributed by atoms with van der Waals surface area (Å²) in [6, 6.07) is 3.65. The van der Waals surface area contributed by atoms with Crippen molar-refractivity contribution in [3.63, 3.8) is 0 Å². The molecule has 3 aromatic rings. The van der Waals surface area contributed by atoms with Crippen LogP contribution in [0.1, 0.15) is 50.2 Å². The monoisotopic (exact) mass is 387 g/mol. The van der Waals surface area contributed by atoms with Crippen molar-refractivity contribution in [1.82, 2.24) is 29.9 Å². The van der Waals surface area contributed by atoms with Crippen molar-refractivity contribution in [3.8, 4) is 11.4 Å². The third kappa shape index (κ3) is 3.53. The van der Waals surface area contributed by atoms with E-state index in [9.17, 15) is 0 Å². The Bertz CT molecular complexity index is 918. The van der Waals surface area contributed by atoms with E-state index in [0.29, 0.717) is 11.0 Å². The van der Waals surface area contributed by atoms with Gasteiger partial charge in [-0.2, -0.15) is 4.98 Å². The summed E-state index contributed by atoms with van der Waals surface area (Å²) in [6.45, 7) is 5.83. The normalized spacial score (nSPS) is 17.7. The molecule has 1 aliphatic rings. The molecule has 8 nitrogen and oxygen atoms in total. The summed E-state index contributed by atoms with van der Waals surface area (Å²) in [5, 5.41) is 13.4. The molecular weight excluding hydrogens is 366 g/mol. The summed E-state index contributed by atoms with van der Waals surface area (Å²) in [5.41, 5.74) is 0.883. The number of halogens is 1. The highest BCUT2D eigenvalue weighted by Crippen LogP contribution is 2.30. The van der Waals surface area contributed by atoms with Crippen molar-refractivity contribution in [2.24, 2.45) is 7.05 Å². The Balaban J connectivity index is 1.55. The van der Waals surface area contributed by atoms with Crippen molar-refractivity contribution >= 4 is 17.5 Å². The van der Waals surface area contributed by atoms with Gasteiger partial charge in [0, 0.05) is 43.7 Å². The minimum Gasteiger partial charge on any atom is -0.340 e. The Labute approximate surface area is 162 Å². The first kappa shape index (κ1) is 17.9. The number of rotatable bonds is 4. The molecule has 0 radical (unpaired) electrons. The largest absolute Gasteiger partial charge is 0.340 e. The zero-order valence-corrected chi connectivity index (χ0v) is 16.4. The molecule has 1 atom stereocenters. The Kier molecular flexibility index (Phi) is 4.82. The molecule has 4 heterocycles. The number of pyridine rings is 1. The first-order valence-corrected chi connectivity index (χ1v) is 9.50. The maximum absolute atomic E-state index is 5.88. The van der Waals surface area contributed by atoms with Gasteiger partial charge in [-0.05, 0) is 25.0 Å². The average molecular weight is 388 g/mol. The molecule has 0 amide bonds. The Morgan fingerprint density at radius 1 is 1.26 bits per heavy atom. The molecule has 0 saturated carbocycles. The predicted octanol–water partition coefficient (Wildman–Crippen LogP) is 3.42. The van der Waals surface area contributed by atoms with E-state index in [1.54, 1.807) is 12.3 Å². The zero-order valence-electron chi connectivity index (χ0n) is 15.6. The highest BCUT2D eigenvalue weighted by molar-refractivity contribution is 6.29. The molecule has 1 fully saturated rings. The van der Waals surface area contributed by atoms with E-state index in [1.807, 2.05) is 17.7 Å². The minimum atomic E-state index is 0.229. The van der Waals surface area contributed by atoms with Crippen LogP contribution in [0.15, 0.2) is 22.9 Å². The molecule has 142 valence electrons. The van der Waals surface area contributed by atoms with Crippen LogP contribution in [-0.4, -0.2) is 43.0 Å². The summed E-state index contributed by atoms with van der Waals surface area (Å²) in [6.07, 6.45) is 3.79. The van der Waals surface area contributed by atoms with Crippen molar-refractivity contribution in [2.45, 2.75) is 38.5 Å². The Morgan fingerprint density at radius 3 is 2.81 bits per heavy atom. The number of piperidine rings is 1. The van der Waals surface area contributed by atoms with Crippen LogP contribution in [0.2, 0.25) is 5.15 Å². The maximum Gasteiger partial charge on any atom is 0.229 e. The second-order valence-corrected chi connectivity index (χ2v) is 7.57. The summed E-state index contributed by atoms with van der Waals surface area (Å²) < 4.78 is 7.37. The van der Waals surface area contributed by atoms with Crippen LogP contribution in [0, 0.1) is 0 Å². The molecule has 0 spiro atoms. The van der Waals surface area contributed by atoms with E-state index in [-0.39, 0.29) is 11.8 Å². The van der Waals surface area contributed by atoms with Gasteiger partial charge in [0.25, 0.3) is 0 Å². The van der Waals surface area contributed by atoms with Crippen LogP contribution in [0.4, 0.5) is 5.95 Å². The zero-order chi connectivity index (χ0) is 19.0. The van der Waals surface area contributed by atoms with Gasteiger partial charge < -0.3 is 9.42 Å². The van der Waals surface area contributed by atoms with Gasteiger partial charge >= 0.3 is 0 Å². The molecule has 0 N–H and O–H groups in total.